The van der Waals surface area contributed by atoms with Gasteiger partial charge in [-0.1, -0.05) is 25.4 Å². The first-order valence-corrected chi connectivity index (χ1v) is 7.58. The topological polar surface area (TPSA) is 78.4 Å². The van der Waals surface area contributed by atoms with Gasteiger partial charge in [0.2, 0.25) is 0 Å². The largest absolute Gasteiger partial charge is 0.480 e. The lowest BCUT2D eigenvalue weighted by Gasteiger charge is -2.28. The summed E-state index contributed by atoms with van der Waals surface area (Å²) in [5.74, 6) is -1.05. The minimum absolute atomic E-state index is 0.298. The molecule has 1 aromatic carbocycles. The second-order valence-electron chi connectivity index (χ2n) is 4.30. The molecule has 0 aromatic heterocycles. The summed E-state index contributed by atoms with van der Waals surface area (Å²) < 4.78 is 0.945. The van der Waals surface area contributed by atoms with Crippen LogP contribution in [-0.2, 0) is 4.79 Å². The molecule has 0 saturated heterocycles. The highest BCUT2D eigenvalue weighted by molar-refractivity contribution is 14.1. The van der Waals surface area contributed by atoms with Crippen molar-refractivity contribution in [3.05, 3.63) is 26.8 Å². The monoisotopic (exact) mass is 410 g/mol. The molecule has 0 radical (unpaired) electrons. The maximum Gasteiger partial charge on any atom is 0.329 e. The Morgan fingerprint density at radius 2 is 1.95 bits per heavy atom. The van der Waals surface area contributed by atoms with E-state index in [-0.39, 0.29) is 0 Å². The molecule has 0 spiro atoms. The molecule has 5 nitrogen and oxygen atoms in total. The summed E-state index contributed by atoms with van der Waals surface area (Å²) in [4.78, 5) is 23.3. The molecule has 0 fully saturated rings. The number of hydrogen-bond donors (Lipinski definition) is 3. The van der Waals surface area contributed by atoms with E-state index < -0.39 is 17.5 Å². The van der Waals surface area contributed by atoms with Crippen LogP contribution in [0.4, 0.5) is 10.5 Å². The van der Waals surface area contributed by atoms with E-state index in [2.05, 4.69) is 33.2 Å². The van der Waals surface area contributed by atoms with E-state index in [4.69, 9.17) is 11.6 Å². The third-order valence-electron chi connectivity index (χ3n) is 3.15. The average molecular weight is 411 g/mol. The molecule has 0 aliphatic carbocycles. The van der Waals surface area contributed by atoms with Crippen LogP contribution in [-0.4, -0.2) is 22.6 Å². The molecule has 1 aromatic rings. The molecule has 0 saturated carbocycles. The van der Waals surface area contributed by atoms with Crippen LogP contribution in [0.3, 0.4) is 0 Å². The molecular weight excluding hydrogens is 395 g/mol. The smallest absolute Gasteiger partial charge is 0.329 e. The second-order valence-corrected chi connectivity index (χ2v) is 5.95. The molecule has 3 N–H and O–H groups in total. The van der Waals surface area contributed by atoms with Crippen molar-refractivity contribution in [1.82, 2.24) is 5.32 Å². The number of anilines is 1. The highest BCUT2D eigenvalue weighted by Gasteiger charge is 2.36. The van der Waals surface area contributed by atoms with E-state index in [0.717, 1.165) is 3.57 Å². The minimum atomic E-state index is -1.26. The predicted octanol–water partition coefficient (Wildman–Crippen LogP) is 3.71. The van der Waals surface area contributed by atoms with Gasteiger partial charge in [-0.3, -0.25) is 0 Å². The van der Waals surface area contributed by atoms with Gasteiger partial charge in [-0.05, 0) is 53.6 Å². The fourth-order valence-electron chi connectivity index (χ4n) is 1.74. The van der Waals surface area contributed by atoms with Crippen molar-refractivity contribution in [3.63, 3.8) is 0 Å². The molecule has 7 heteroatoms. The van der Waals surface area contributed by atoms with Crippen molar-refractivity contribution in [2.24, 2.45) is 0 Å². The molecule has 110 valence electrons. The molecule has 0 bridgehead atoms. The number of carboxylic acids is 1. The molecule has 0 aliphatic heterocycles. The third kappa shape index (κ3) is 3.99. The number of carbonyl (C=O) groups is 2. The number of benzene rings is 1. The third-order valence-corrected chi connectivity index (χ3v) is 4.13. The zero-order valence-corrected chi connectivity index (χ0v) is 14.1. The standard InChI is InChI=1S/C13H16ClIN2O3/c1-3-13(4-2,11(18)19)17-12(20)16-10-6-5-8(15)7-9(10)14/h5-7H,3-4H2,1-2H3,(H,18,19)(H2,16,17,20). The van der Waals surface area contributed by atoms with E-state index in [0.29, 0.717) is 23.6 Å². The average Bonchev–Trinajstić information content (AvgIpc) is 2.39. The summed E-state index contributed by atoms with van der Waals surface area (Å²) in [5.41, 5.74) is -0.823. The Labute approximate surface area is 136 Å². The normalized spacial score (nSPS) is 11.0. The Morgan fingerprint density at radius 1 is 1.35 bits per heavy atom. The lowest BCUT2D eigenvalue weighted by atomic mass is 9.93. The van der Waals surface area contributed by atoms with Crippen molar-refractivity contribution in [1.29, 1.82) is 0 Å². The van der Waals surface area contributed by atoms with E-state index in [1.807, 2.05) is 0 Å². The van der Waals surface area contributed by atoms with Gasteiger partial charge in [0.05, 0.1) is 10.7 Å². The Hall–Kier alpha value is -1.02. The molecule has 2 amide bonds. The van der Waals surface area contributed by atoms with Crippen LogP contribution in [0.1, 0.15) is 26.7 Å². The number of urea groups is 1. The van der Waals surface area contributed by atoms with Gasteiger partial charge in [0.1, 0.15) is 5.54 Å². The Morgan fingerprint density at radius 3 is 2.40 bits per heavy atom. The van der Waals surface area contributed by atoms with Gasteiger partial charge in [-0.2, -0.15) is 0 Å². The molecule has 1 rings (SSSR count). The van der Waals surface area contributed by atoms with Crippen molar-refractivity contribution in [2.75, 3.05) is 5.32 Å². The van der Waals surface area contributed by atoms with Crippen molar-refractivity contribution >= 4 is 51.9 Å². The van der Waals surface area contributed by atoms with Gasteiger partial charge in [-0.15, -0.1) is 0 Å². The van der Waals surface area contributed by atoms with E-state index in [1.165, 1.54) is 0 Å². The van der Waals surface area contributed by atoms with Crippen LogP contribution >= 0.6 is 34.2 Å². The number of hydrogen-bond acceptors (Lipinski definition) is 2. The van der Waals surface area contributed by atoms with Crippen LogP contribution in [0.25, 0.3) is 0 Å². The van der Waals surface area contributed by atoms with E-state index in [9.17, 15) is 14.7 Å². The summed E-state index contributed by atoms with van der Waals surface area (Å²) in [5, 5.41) is 14.7. The second kappa shape index (κ2) is 7.12. The molecule has 0 heterocycles. The number of carboxylic acid groups (broad SMARTS) is 1. The first kappa shape index (κ1) is 17.0. The van der Waals surface area contributed by atoms with E-state index >= 15 is 0 Å². The Bertz CT molecular complexity index is 518. The molecule has 20 heavy (non-hydrogen) atoms. The summed E-state index contributed by atoms with van der Waals surface area (Å²) in [7, 11) is 0. The van der Waals surface area contributed by atoms with Gasteiger partial charge in [0, 0.05) is 3.57 Å². The van der Waals surface area contributed by atoms with Crippen LogP contribution in [0.2, 0.25) is 5.02 Å². The number of carbonyl (C=O) groups excluding carboxylic acids is 1. The van der Waals surface area contributed by atoms with Crippen molar-refractivity contribution in [2.45, 2.75) is 32.2 Å². The maximum absolute atomic E-state index is 11.9. The first-order valence-electron chi connectivity index (χ1n) is 6.12. The van der Waals surface area contributed by atoms with E-state index in [1.54, 1.807) is 32.0 Å². The SMILES string of the molecule is CCC(CC)(NC(=O)Nc1ccc(I)cc1Cl)C(=O)O. The molecular formula is C13H16ClIN2O3. The number of nitrogens with one attached hydrogen (secondary N) is 2. The van der Waals surface area contributed by atoms with Gasteiger partial charge in [-0.25, -0.2) is 9.59 Å². The fraction of sp³-hybridized carbons (Fsp3) is 0.385. The highest BCUT2D eigenvalue weighted by atomic mass is 127. The Balaban J connectivity index is 2.83. The van der Waals surface area contributed by atoms with Crippen LogP contribution in [0.15, 0.2) is 18.2 Å². The highest BCUT2D eigenvalue weighted by Crippen LogP contribution is 2.24. The van der Waals surface area contributed by atoms with Crippen molar-refractivity contribution < 1.29 is 14.7 Å². The lowest BCUT2D eigenvalue weighted by Crippen LogP contribution is -2.55. The number of rotatable bonds is 5. The minimum Gasteiger partial charge on any atom is -0.480 e. The molecule has 0 atom stereocenters. The number of amides is 2. The summed E-state index contributed by atoms with van der Waals surface area (Å²) in [6.07, 6.45) is 0.597. The fourth-order valence-corrected chi connectivity index (χ4v) is 2.65. The zero-order valence-electron chi connectivity index (χ0n) is 11.2. The van der Waals surface area contributed by atoms with Gasteiger partial charge in [0.25, 0.3) is 0 Å². The van der Waals surface area contributed by atoms with Crippen LogP contribution < -0.4 is 10.6 Å². The number of aliphatic carboxylic acids is 1. The molecule has 0 unspecified atom stereocenters. The van der Waals surface area contributed by atoms with Gasteiger partial charge >= 0.3 is 12.0 Å². The maximum atomic E-state index is 11.9. The lowest BCUT2D eigenvalue weighted by molar-refractivity contribution is -0.144. The summed E-state index contributed by atoms with van der Waals surface area (Å²) >= 11 is 8.12. The predicted molar refractivity (Wildman–Crippen MR) is 87.3 cm³/mol. The first-order chi connectivity index (χ1) is 9.34. The van der Waals surface area contributed by atoms with Gasteiger partial charge < -0.3 is 15.7 Å². The number of halogens is 2. The zero-order chi connectivity index (χ0) is 15.3. The van der Waals surface area contributed by atoms with Crippen LogP contribution in [0.5, 0.6) is 0 Å². The summed E-state index contributed by atoms with van der Waals surface area (Å²) in [6.45, 7) is 3.44. The quantitative estimate of drug-likeness (QED) is 0.648. The van der Waals surface area contributed by atoms with Gasteiger partial charge in [0.15, 0.2) is 0 Å². The summed E-state index contributed by atoms with van der Waals surface area (Å²) in [6, 6.07) is 4.59. The van der Waals surface area contributed by atoms with Crippen molar-refractivity contribution in [3.8, 4) is 0 Å². The molecule has 0 aliphatic rings. The van der Waals surface area contributed by atoms with Crippen LogP contribution in [0, 0.1) is 3.57 Å². The Kier molecular flexibility index (Phi) is 6.07.